The van der Waals surface area contributed by atoms with Gasteiger partial charge in [0.05, 0.1) is 0 Å². The standard InChI is InChI=1S/C14H22F3N3OS.HI/c1-11(12-4-7-22-9-12)8-20-13(18-2)19-5-3-6-21-10-14(15,16)17;/h4,7,9,11H,3,5-6,8,10H2,1-2H3,(H2,18,19,20);1H. The molecular formula is C14H23F3IN3OS. The van der Waals surface area contributed by atoms with Gasteiger partial charge in [-0.05, 0) is 34.7 Å². The van der Waals surface area contributed by atoms with E-state index in [9.17, 15) is 13.2 Å². The average molecular weight is 465 g/mol. The fourth-order valence-electron chi connectivity index (χ4n) is 1.71. The van der Waals surface area contributed by atoms with E-state index in [4.69, 9.17) is 0 Å². The summed E-state index contributed by atoms with van der Waals surface area (Å²) >= 11 is 1.66. The Morgan fingerprint density at radius 1 is 1.39 bits per heavy atom. The monoisotopic (exact) mass is 465 g/mol. The number of ether oxygens (including phenoxy) is 1. The van der Waals surface area contributed by atoms with Gasteiger partial charge in [0.2, 0.25) is 0 Å². The zero-order valence-electron chi connectivity index (χ0n) is 13.2. The molecule has 134 valence electrons. The van der Waals surface area contributed by atoms with Crippen molar-refractivity contribution in [2.24, 2.45) is 4.99 Å². The molecule has 0 saturated heterocycles. The minimum absolute atomic E-state index is 0. The lowest BCUT2D eigenvalue weighted by atomic mass is 10.1. The van der Waals surface area contributed by atoms with E-state index in [1.807, 2.05) is 5.38 Å². The molecule has 2 N–H and O–H groups in total. The first-order valence-electron chi connectivity index (χ1n) is 7.03. The van der Waals surface area contributed by atoms with Gasteiger partial charge in [-0.2, -0.15) is 24.5 Å². The maximum absolute atomic E-state index is 11.9. The summed E-state index contributed by atoms with van der Waals surface area (Å²) in [4.78, 5) is 4.07. The minimum Gasteiger partial charge on any atom is -0.372 e. The zero-order valence-corrected chi connectivity index (χ0v) is 16.3. The number of aliphatic imine (C=N–C) groups is 1. The third kappa shape index (κ3) is 10.8. The molecule has 1 atom stereocenters. The highest BCUT2D eigenvalue weighted by Gasteiger charge is 2.27. The van der Waals surface area contributed by atoms with Crippen LogP contribution in [0, 0.1) is 0 Å². The Labute approximate surface area is 155 Å². The number of hydrogen-bond donors (Lipinski definition) is 2. The van der Waals surface area contributed by atoms with Crippen molar-refractivity contribution in [3.63, 3.8) is 0 Å². The van der Waals surface area contributed by atoms with Gasteiger partial charge in [-0.25, -0.2) is 0 Å². The van der Waals surface area contributed by atoms with Gasteiger partial charge in [0.15, 0.2) is 5.96 Å². The van der Waals surface area contributed by atoms with E-state index in [2.05, 4.69) is 38.7 Å². The molecule has 23 heavy (non-hydrogen) atoms. The number of rotatable bonds is 8. The first-order valence-corrected chi connectivity index (χ1v) is 7.97. The van der Waals surface area contributed by atoms with Crippen LogP contribution >= 0.6 is 35.3 Å². The Hall–Kier alpha value is -0.550. The summed E-state index contributed by atoms with van der Waals surface area (Å²) in [5.41, 5.74) is 1.27. The van der Waals surface area contributed by atoms with Crippen LogP contribution in [0.15, 0.2) is 21.8 Å². The number of hydrogen-bond acceptors (Lipinski definition) is 3. The molecule has 4 nitrogen and oxygen atoms in total. The van der Waals surface area contributed by atoms with Crippen molar-refractivity contribution in [2.45, 2.75) is 25.4 Å². The molecule has 0 spiro atoms. The fraction of sp³-hybridized carbons (Fsp3) is 0.643. The van der Waals surface area contributed by atoms with Gasteiger partial charge >= 0.3 is 6.18 Å². The van der Waals surface area contributed by atoms with Crippen LogP contribution in [0.25, 0.3) is 0 Å². The van der Waals surface area contributed by atoms with Crippen LogP contribution in [-0.4, -0.2) is 45.5 Å². The van der Waals surface area contributed by atoms with Gasteiger partial charge in [0.25, 0.3) is 0 Å². The highest BCUT2D eigenvalue weighted by Crippen LogP contribution is 2.17. The minimum atomic E-state index is -4.26. The average Bonchev–Trinajstić information content (AvgIpc) is 2.98. The number of nitrogens with one attached hydrogen (secondary N) is 2. The third-order valence-corrected chi connectivity index (χ3v) is 3.64. The SMILES string of the molecule is CN=C(NCCCOCC(F)(F)F)NCC(C)c1ccsc1.I. The predicted octanol–water partition coefficient (Wildman–Crippen LogP) is 3.60. The van der Waals surface area contributed by atoms with Crippen LogP contribution in [-0.2, 0) is 4.74 Å². The second-order valence-corrected chi connectivity index (χ2v) is 5.64. The molecule has 9 heteroatoms. The lowest BCUT2D eigenvalue weighted by Gasteiger charge is -2.15. The van der Waals surface area contributed by atoms with Crippen LogP contribution in [0.1, 0.15) is 24.8 Å². The van der Waals surface area contributed by atoms with Gasteiger partial charge in [0.1, 0.15) is 6.61 Å². The van der Waals surface area contributed by atoms with Crippen molar-refractivity contribution >= 4 is 41.3 Å². The lowest BCUT2D eigenvalue weighted by Crippen LogP contribution is -2.39. The highest BCUT2D eigenvalue weighted by molar-refractivity contribution is 14.0. The maximum Gasteiger partial charge on any atom is 0.411 e. The van der Waals surface area contributed by atoms with Crippen LogP contribution in [0.5, 0.6) is 0 Å². The first-order chi connectivity index (χ1) is 10.4. The van der Waals surface area contributed by atoms with Crippen LogP contribution in [0.2, 0.25) is 0 Å². The van der Waals surface area contributed by atoms with Crippen molar-refractivity contribution in [2.75, 3.05) is 33.4 Å². The summed E-state index contributed by atoms with van der Waals surface area (Å²) in [7, 11) is 1.66. The van der Waals surface area contributed by atoms with Crippen molar-refractivity contribution in [1.82, 2.24) is 10.6 Å². The zero-order chi connectivity index (χ0) is 16.4. The fourth-order valence-corrected chi connectivity index (χ4v) is 2.49. The molecule has 0 aromatic carbocycles. The molecule has 1 rings (SSSR count). The van der Waals surface area contributed by atoms with Gasteiger partial charge in [-0.1, -0.05) is 6.92 Å². The van der Waals surface area contributed by atoms with E-state index in [0.29, 0.717) is 24.8 Å². The summed E-state index contributed by atoms with van der Waals surface area (Å²) in [5, 5.41) is 10.4. The molecular weight excluding hydrogens is 442 g/mol. The van der Waals surface area contributed by atoms with Gasteiger partial charge < -0.3 is 15.4 Å². The van der Waals surface area contributed by atoms with Crippen molar-refractivity contribution < 1.29 is 17.9 Å². The Bertz CT molecular complexity index is 441. The van der Waals surface area contributed by atoms with E-state index in [1.165, 1.54) is 5.56 Å². The van der Waals surface area contributed by atoms with Crippen molar-refractivity contribution in [3.8, 4) is 0 Å². The largest absolute Gasteiger partial charge is 0.411 e. The van der Waals surface area contributed by atoms with Gasteiger partial charge in [0, 0.05) is 26.7 Å². The lowest BCUT2D eigenvalue weighted by molar-refractivity contribution is -0.173. The molecule has 0 aliphatic heterocycles. The Kier molecular flexibility index (Phi) is 11.6. The van der Waals surface area contributed by atoms with Crippen LogP contribution < -0.4 is 10.6 Å². The summed E-state index contributed by atoms with van der Waals surface area (Å²) < 4.78 is 40.2. The van der Waals surface area contributed by atoms with Crippen molar-refractivity contribution in [1.29, 1.82) is 0 Å². The molecule has 0 radical (unpaired) electrons. The molecule has 0 saturated carbocycles. The van der Waals surface area contributed by atoms with E-state index >= 15 is 0 Å². The number of nitrogens with zero attached hydrogens (tertiary/aromatic N) is 1. The topological polar surface area (TPSA) is 45.7 Å². The smallest absolute Gasteiger partial charge is 0.372 e. The summed E-state index contributed by atoms with van der Waals surface area (Å²) in [5.74, 6) is 0.998. The first kappa shape index (κ1) is 22.4. The maximum atomic E-state index is 11.9. The number of thiophene rings is 1. The summed E-state index contributed by atoms with van der Waals surface area (Å²) in [6.07, 6.45) is -3.78. The summed E-state index contributed by atoms with van der Waals surface area (Å²) in [6.45, 7) is 2.23. The molecule has 1 aromatic rings. The van der Waals surface area contributed by atoms with Crippen LogP contribution in [0.3, 0.4) is 0 Å². The normalized spacial score (nSPS) is 13.3. The van der Waals surface area contributed by atoms with E-state index in [-0.39, 0.29) is 30.6 Å². The molecule has 0 aliphatic carbocycles. The molecule has 0 amide bonds. The molecule has 1 aromatic heterocycles. The van der Waals surface area contributed by atoms with Gasteiger partial charge in [-0.3, -0.25) is 4.99 Å². The quantitative estimate of drug-likeness (QED) is 0.267. The number of halogens is 4. The van der Waals surface area contributed by atoms with E-state index in [0.717, 1.165) is 6.54 Å². The van der Waals surface area contributed by atoms with E-state index in [1.54, 1.807) is 18.4 Å². The Morgan fingerprint density at radius 2 is 2.13 bits per heavy atom. The predicted molar refractivity (Wildman–Crippen MR) is 99.0 cm³/mol. The second-order valence-electron chi connectivity index (χ2n) is 4.86. The Balaban J connectivity index is 0.00000484. The molecule has 1 unspecified atom stereocenters. The van der Waals surface area contributed by atoms with Crippen LogP contribution in [0.4, 0.5) is 13.2 Å². The number of guanidine groups is 1. The molecule has 0 fully saturated rings. The van der Waals surface area contributed by atoms with Crippen molar-refractivity contribution in [3.05, 3.63) is 22.4 Å². The third-order valence-electron chi connectivity index (χ3n) is 2.94. The van der Waals surface area contributed by atoms with E-state index < -0.39 is 12.8 Å². The summed E-state index contributed by atoms with van der Waals surface area (Å²) in [6, 6.07) is 2.09. The molecule has 0 aliphatic rings. The molecule has 0 bridgehead atoms. The van der Waals surface area contributed by atoms with Gasteiger partial charge in [-0.15, -0.1) is 24.0 Å². The second kappa shape index (κ2) is 11.9. The number of alkyl halides is 3. The highest BCUT2D eigenvalue weighted by atomic mass is 127. The molecule has 1 heterocycles. The Morgan fingerprint density at radius 3 is 2.70 bits per heavy atom.